The topological polar surface area (TPSA) is 0 Å². The Kier molecular flexibility index (Phi) is 3.72. The fraction of sp³-hybridized carbons (Fsp3) is 0.500. The second-order valence-corrected chi connectivity index (χ2v) is 5.24. The predicted octanol–water partition coefficient (Wildman–Crippen LogP) is 4.26. The summed E-state index contributed by atoms with van der Waals surface area (Å²) in [6.45, 7) is 5.68. The predicted molar refractivity (Wildman–Crippen MR) is 59.3 cm³/mol. The summed E-state index contributed by atoms with van der Waals surface area (Å²) in [4.78, 5) is 0. The lowest BCUT2D eigenvalue weighted by Gasteiger charge is -2.26. The zero-order valence-electron chi connectivity index (χ0n) is 9.15. The van der Waals surface area contributed by atoms with Crippen LogP contribution in [0, 0.1) is 11.6 Å². The van der Waals surface area contributed by atoms with Crippen molar-refractivity contribution in [1.29, 1.82) is 0 Å². The van der Waals surface area contributed by atoms with Gasteiger partial charge in [-0.1, -0.05) is 19.9 Å². The maximum Gasteiger partial charge on any atom is 0.129 e. The molecule has 0 N–H and O–H groups in total. The first-order chi connectivity index (χ1) is 6.83. The van der Waals surface area contributed by atoms with Crippen molar-refractivity contribution in [2.24, 2.45) is 0 Å². The molecule has 0 aromatic heterocycles. The van der Waals surface area contributed by atoms with Gasteiger partial charge in [0.25, 0.3) is 0 Å². The Morgan fingerprint density at radius 3 is 2.40 bits per heavy atom. The maximum atomic E-state index is 13.5. The molecule has 3 heteroatoms. The second kappa shape index (κ2) is 4.48. The van der Waals surface area contributed by atoms with Gasteiger partial charge in [0.05, 0.1) is 0 Å². The molecule has 0 aliphatic rings. The van der Waals surface area contributed by atoms with E-state index in [4.69, 9.17) is 11.6 Å². The van der Waals surface area contributed by atoms with E-state index < -0.39 is 11.6 Å². The lowest BCUT2D eigenvalue weighted by Crippen LogP contribution is -2.22. The van der Waals surface area contributed by atoms with Gasteiger partial charge in [-0.15, -0.1) is 11.6 Å². The molecule has 1 rings (SSSR count). The molecule has 0 fully saturated rings. The van der Waals surface area contributed by atoms with Crippen molar-refractivity contribution in [3.8, 4) is 0 Å². The van der Waals surface area contributed by atoms with Crippen LogP contribution in [0.1, 0.15) is 32.8 Å². The summed E-state index contributed by atoms with van der Waals surface area (Å²) in [5.41, 5.74) is 0.135. The minimum Gasteiger partial charge on any atom is -0.207 e. The average molecular weight is 233 g/mol. The van der Waals surface area contributed by atoms with Gasteiger partial charge in [-0.3, -0.25) is 0 Å². The maximum absolute atomic E-state index is 13.5. The van der Waals surface area contributed by atoms with Crippen LogP contribution in [0.2, 0.25) is 0 Å². The van der Waals surface area contributed by atoms with E-state index in [1.165, 1.54) is 12.1 Å². The van der Waals surface area contributed by atoms with E-state index in [1.54, 1.807) is 0 Å². The molecule has 1 aromatic rings. The Balaban J connectivity index is 3.04. The molecule has 0 radical (unpaired) electrons. The summed E-state index contributed by atoms with van der Waals surface area (Å²) < 4.78 is 26.2. The molecule has 0 spiro atoms. The Hall–Kier alpha value is -0.630. The van der Waals surface area contributed by atoms with Gasteiger partial charge in [0, 0.05) is 11.4 Å². The van der Waals surface area contributed by atoms with Crippen LogP contribution in [0.15, 0.2) is 18.2 Å². The number of rotatable bonds is 3. The van der Waals surface area contributed by atoms with Crippen molar-refractivity contribution < 1.29 is 8.78 Å². The van der Waals surface area contributed by atoms with Gasteiger partial charge < -0.3 is 0 Å². The largest absolute Gasteiger partial charge is 0.207 e. The zero-order chi connectivity index (χ0) is 11.6. The normalized spacial score (nSPS) is 14.0. The van der Waals surface area contributed by atoms with E-state index in [9.17, 15) is 8.78 Å². The number of alkyl halides is 1. The molecule has 0 aliphatic heterocycles. The van der Waals surface area contributed by atoms with Gasteiger partial charge in [0.15, 0.2) is 0 Å². The lowest BCUT2D eigenvalue weighted by molar-refractivity contribution is 0.444. The summed E-state index contributed by atoms with van der Waals surface area (Å²) >= 11 is 5.90. The highest BCUT2D eigenvalue weighted by Gasteiger charge is 2.25. The molecule has 0 heterocycles. The second-order valence-electron chi connectivity index (χ2n) is 4.49. The van der Waals surface area contributed by atoms with Crippen LogP contribution < -0.4 is 0 Å². The van der Waals surface area contributed by atoms with Crippen LogP contribution >= 0.6 is 11.6 Å². The zero-order valence-corrected chi connectivity index (χ0v) is 9.91. The molecule has 1 aromatic carbocycles. The number of hydrogen-bond donors (Lipinski definition) is 0. The highest BCUT2D eigenvalue weighted by Crippen LogP contribution is 2.31. The minimum atomic E-state index is -0.550. The van der Waals surface area contributed by atoms with E-state index in [1.807, 2.05) is 20.8 Å². The molecule has 0 saturated carbocycles. The lowest BCUT2D eigenvalue weighted by atomic mass is 9.80. The Morgan fingerprint density at radius 1 is 1.33 bits per heavy atom. The third-order valence-electron chi connectivity index (χ3n) is 2.45. The van der Waals surface area contributed by atoms with E-state index in [0.717, 1.165) is 6.07 Å². The van der Waals surface area contributed by atoms with E-state index >= 15 is 0 Å². The Labute approximate surface area is 94.3 Å². The Morgan fingerprint density at radius 2 is 1.93 bits per heavy atom. The summed E-state index contributed by atoms with van der Waals surface area (Å²) in [6.07, 6.45) is 0.650. The molecule has 0 saturated heterocycles. The summed E-state index contributed by atoms with van der Waals surface area (Å²) in [5.74, 6) is -1.05. The first-order valence-corrected chi connectivity index (χ1v) is 5.36. The number of hydrogen-bond acceptors (Lipinski definition) is 0. The van der Waals surface area contributed by atoms with Crippen LogP contribution in [-0.4, -0.2) is 5.38 Å². The van der Waals surface area contributed by atoms with E-state index in [2.05, 4.69) is 0 Å². The molecule has 0 amide bonds. The molecule has 0 nitrogen and oxygen atoms in total. The van der Waals surface area contributed by atoms with Gasteiger partial charge in [-0.2, -0.15) is 0 Å². The highest BCUT2D eigenvalue weighted by atomic mass is 35.5. The molecular formula is C12H15ClF2. The summed E-state index contributed by atoms with van der Waals surface area (Å²) in [5, 5.41) is -0.0375. The van der Waals surface area contributed by atoms with Crippen molar-refractivity contribution in [2.45, 2.75) is 38.0 Å². The van der Waals surface area contributed by atoms with Crippen LogP contribution in [0.5, 0.6) is 0 Å². The van der Waals surface area contributed by atoms with Gasteiger partial charge in [0.1, 0.15) is 11.6 Å². The van der Waals surface area contributed by atoms with Crippen LogP contribution in [0.3, 0.4) is 0 Å². The van der Waals surface area contributed by atoms with Crippen molar-refractivity contribution in [1.82, 2.24) is 0 Å². The van der Waals surface area contributed by atoms with Crippen LogP contribution in [0.4, 0.5) is 8.78 Å². The number of benzene rings is 1. The average Bonchev–Trinajstić information content (AvgIpc) is 1.99. The standard InChI is InChI=1S/C12H15ClF2/c1-8(13)7-12(2,3)10-5-4-9(14)6-11(10)15/h4-6,8H,7H2,1-3H3. The first kappa shape index (κ1) is 12.4. The molecule has 0 aliphatic carbocycles. The number of halogens is 3. The summed E-state index contributed by atoms with van der Waals surface area (Å²) in [7, 11) is 0. The highest BCUT2D eigenvalue weighted by molar-refractivity contribution is 6.20. The Bertz CT molecular complexity index is 345. The molecular weight excluding hydrogens is 218 g/mol. The fourth-order valence-electron chi connectivity index (χ4n) is 1.85. The smallest absolute Gasteiger partial charge is 0.129 e. The molecule has 84 valence electrons. The van der Waals surface area contributed by atoms with Gasteiger partial charge in [0.2, 0.25) is 0 Å². The summed E-state index contributed by atoms with van der Waals surface area (Å²) in [6, 6.07) is 3.68. The first-order valence-electron chi connectivity index (χ1n) is 4.92. The van der Waals surface area contributed by atoms with Crippen molar-refractivity contribution in [3.05, 3.63) is 35.4 Å². The van der Waals surface area contributed by atoms with Gasteiger partial charge in [-0.25, -0.2) is 8.78 Å². The van der Waals surface area contributed by atoms with Crippen molar-refractivity contribution in [3.63, 3.8) is 0 Å². The monoisotopic (exact) mass is 232 g/mol. The van der Waals surface area contributed by atoms with Gasteiger partial charge in [-0.05, 0) is 30.4 Å². The van der Waals surface area contributed by atoms with Crippen molar-refractivity contribution >= 4 is 11.6 Å². The van der Waals surface area contributed by atoms with Crippen LogP contribution in [0.25, 0.3) is 0 Å². The third-order valence-corrected chi connectivity index (χ3v) is 2.61. The molecule has 15 heavy (non-hydrogen) atoms. The van der Waals surface area contributed by atoms with E-state index in [0.29, 0.717) is 12.0 Å². The molecule has 1 atom stereocenters. The van der Waals surface area contributed by atoms with E-state index in [-0.39, 0.29) is 10.8 Å². The minimum absolute atomic E-state index is 0.0375. The fourth-order valence-corrected chi connectivity index (χ4v) is 2.24. The quantitative estimate of drug-likeness (QED) is 0.683. The molecule has 1 unspecified atom stereocenters. The molecule has 0 bridgehead atoms. The SMILES string of the molecule is CC(Cl)CC(C)(C)c1ccc(F)cc1F. The third kappa shape index (κ3) is 3.16. The van der Waals surface area contributed by atoms with Gasteiger partial charge >= 0.3 is 0 Å². The van der Waals surface area contributed by atoms with Crippen LogP contribution in [-0.2, 0) is 5.41 Å². The van der Waals surface area contributed by atoms with Crippen molar-refractivity contribution in [2.75, 3.05) is 0 Å².